The summed E-state index contributed by atoms with van der Waals surface area (Å²) in [6.07, 6.45) is 0. The number of rotatable bonds is 8. The summed E-state index contributed by atoms with van der Waals surface area (Å²) in [4.78, 5) is 12.5. The van der Waals surface area contributed by atoms with E-state index in [-0.39, 0.29) is 28.8 Å². The maximum Gasteiger partial charge on any atom is 0.252 e. The molecule has 1 amide bonds. The smallest absolute Gasteiger partial charge is 0.252 e. The molecule has 0 fully saturated rings. The Labute approximate surface area is 173 Å². The molecule has 8 nitrogen and oxygen atoms in total. The molecule has 2 heterocycles. The molecule has 3 N–H and O–H groups in total. The number of primary amides is 1. The minimum atomic E-state index is -3.89. The summed E-state index contributed by atoms with van der Waals surface area (Å²) in [6.45, 7) is 3.92. The van der Waals surface area contributed by atoms with Crippen LogP contribution in [-0.4, -0.2) is 37.8 Å². The van der Waals surface area contributed by atoms with Crippen LogP contribution >= 0.6 is 11.3 Å². The van der Waals surface area contributed by atoms with E-state index in [0.717, 1.165) is 16.3 Å². The Hall–Kier alpha value is -2.69. The number of ether oxygens (including phenoxy) is 1. The molecule has 10 heteroatoms. The second kappa shape index (κ2) is 8.36. The second-order valence-electron chi connectivity index (χ2n) is 6.48. The van der Waals surface area contributed by atoms with Crippen molar-refractivity contribution in [1.29, 1.82) is 0 Å². The van der Waals surface area contributed by atoms with E-state index in [2.05, 4.69) is 9.82 Å². The number of aromatic nitrogens is 2. The zero-order valence-corrected chi connectivity index (χ0v) is 17.9. The quantitative estimate of drug-likeness (QED) is 0.564. The van der Waals surface area contributed by atoms with Crippen LogP contribution in [0.3, 0.4) is 0 Å². The zero-order valence-electron chi connectivity index (χ0n) is 16.2. The van der Waals surface area contributed by atoms with Gasteiger partial charge in [-0.3, -0.25) is 9.48 Å². The highest BCUT2D eigenvalue weighted by atomic mass is 32.2. The molecule has 0 aliphatic carbocycles. The molecule has 0 bridgehead atoms. The van der Waals surface area contributed by atoms with Crippen LogP contribution < -0.4 is 15.2 Å². The summed E-state index contributed by atoms with van der Waals surface area (Å²) in [6, 6.07) is 9.50. The monoisotopic (exact) mass is 434 g/mol. The van der Waals surface area contributed by atoms with Crippen LogP contribution in [0.2, 0.25) is 0 Å². The van der Waals surface area contributed by atoms with Gasteiger partial charge in [-0.2, -0.15) is 5.10 Å². The highest BCUT2D eigenvalue weighted by molar-refractivity contribution is 7.89. The van der Waals surface area contributed by atoms with Gasteiger partial charge in [-0.05, 0) is 49.6 Å². The number of sulfonamides is 1. The molecular weight excluding hydrogens is 412 g/mol. The van der Waals surface area contributed by atoms with Crippen LogP contribution in [0.1, 0.15) is 32.7 Å². The molecule has 0 aliphatic heterocycles. The van der Waals surface area contributed by atoms with E-state index in [1.54, 1.807) is 0 Å². The number of methoxy groups -OCH3 is 1. The molecule has 3 rings (SSSR count). The SMILES string of the molecule is COc1ccc(S(=O)(=O)NCC(c2cccs2)n2nc(C)cc2C)cc1C(N)=O. The summed E-state index contributed by atoms with van der Waals surface area (Å²) in [5.74, 6) is -0.548. The van der Waals surface area contributed by atoms with Crippen LogP contribution in [-0.2, 0) is 10.0 Å². The van der Waals surface area contributed by atoms with E-state index in [9.17, 15) is 13.2 Å². The number of thiophene rings is 1. The van der Waals surface area contributed by atoms with Crippen molar-refractivity contribution in [2.75, 3.05) is 13.7 Å². The number of nitrogens with one attached hydrogen (secondary N) is 1. The Balaban J connectivity index is 1.90. The zero-order chi connectivity index (χ0) is 21.2. The number of amides is 1. The van der Waals surface area contributed by atoms with Crippen molar-refractivity contribution in [2.45, 2.75) is 24.8 Å². The number of carbonyl (C=O) groups excluding carboxylic acids is 1. The third kappa shape index (κ3) is 4.50. The van der Waals surface area contributed by atoms with Gasteiger partial charge in [0.25, 0.3) is 5.91 Å². The van der Waals surface area contributed by atoms with Gasteiger partial charge in [0.1, 0.15) is 5.75 Å². The van der Waals surface area contributed by atoms with E-state index < -0.39 is 15.9 Å². The molecule has 0 aliphatic rings. The first-order chi connectivity index (χ1) is 13.7. The van der Waals surface area contributed by atoms with Gasteiger partial charge in [-0.15, -0.1) is 11.3 Å². The molecule has 0 spiro atoms. The lowest BCUT2D eigenvalue weighted by atomic mass is 10.2. The highest BCUT2D eigenvalue weighted by Gasteiger charge is 2.23. The van der Waals surface area contributed by atoms with E-state index in [1.165, 1.54) is 36.6 Å². The van der Waals surface area contributed by atoms with E-state index in [4.69, 9.17) is 10.5 Å². The topological polar surface area (TPSA) is 116 Å². The van der Waals surface area contributed by atoms with Crippen molar-refractivity contribution in [1.82, 2.24) is 14.5 Å². The molecule has 1 unspecified atom stereocenters. The number of carbonyl (C=O) groups is 1. The van der Waals surface area contributed by atoms with Crippen molar-refractivity contribution in [3.05, 3.63) is 63.6 Å². The highest BCUT2D eigenvalue weighted by Crippen LogP contribution is 2.26. The average Bonchev–Trinajstić information content (AvgIpc) is 3.31. The van der Waals surface area contributed by atoms with Gasteiger partial charge < -0.3 is 10.5 Å². The van der Waals surface area contributed by atoms with Gasteiger partial charge >= 0.3 is 0 Å². The van der Waals surface area contributed by atoms with E-state index >= 15 is 0 Å². The van der Waals surface area contributed by atoms with Gasteiger partial charge in [0.15, 0.2) is 0 Å². The van der Waals surface area contributed by atoms with Gasteiger partial charge in [0, 0.05) is 17.1 Å². The lowest BCUT2D eigenvalue weighted by Crippen LogP contribution is -2.32. The number of aryl methyl sites for hydroxylation is 2. The molecule has 1 aromatic carbocycles. The van der Waals surface area contributed by atoms with Crippen LogP contribution in [0, 0.1) is 13.8 Å². The van der Waals surface area contributed by atoms with E-state index in [0.29, 0.717) is 0 Å². The maximum atomic E-state index is 12.9. The maximum absolute atomic E-state index is 12.9. The first-order valence-corrected chi connectivity index (χ1v) is 11.1. The van der Waals surface area contributed by atoms with Gasteiger partial charge in [-0.25, -0.2) is 13.1 Å². The minimum Gasteiger partial charge on any atom is -0.496 e. The summed E-state index contributed by atoms with van der Waals surface area (Å²) in [5, 5.41) is 6.45. The van der Waals surface area contributed by atoms with Crippen LogP contribution in [0.5, 0.6) is 5.75 Å². The predicted octanol–water partition coefficient (Wildman–Crippen LogP) is 2.24. The molecular formula is C19H22N4O4S2. The fourth-order valence-corrected chi connectivity index (χ4v) is 4.94. The molecule has 2 aromatic heterocycles. The second-order valence-corrected chi connectivity index (χ2v) is 9.23. The Kier molecular flexibility index (Phi) is 6.06. The van der Waals surface area contributed by atoms with Crippen molar-refractivity contribution >= 4 is 27.3 Å². The first-order valence-electron chi connectivity index (χ1n) is 8.76. The van der Waals surface area contributed by atoms with Gasteiger partial charge in [0.2, 0.25) is 10.0 Å². The van der Waals surface area contributed by atoms with Crippen molar-refractivity contribution < 1.29 is 17.9 Å². The Bertz CT molecular complexity index is 1120. The fraction of sp³-hybridized carbons (Fsp3) is 0.263. The molecule has 0 saturated heterocycles. The molecule has 0 radical (unpaired) electrons. The molecule has 3 aromatic rings. The largest absolute Gasteiger partial charge is 0.496 e. The third-order valence-corrected chi connectivity index (χ3v) is 6.82. The summed E-state index contributed by atoms with van der Waals surface area (Å²) in [5.41, 5.74) is 7.13. The number of benzene rings is 1. The Morgan fingerprint density at radius 3 is 2.62 bits per heavy atom. The number of hydrogen-bond acceptors (Lipinski definition) is 6. The first kappa shape index (κ1) is 21.0. The van der Waals surface area contributed by atoms with E-state index in [1.807, 2.05) is 42.1 Å². The Morgan fingerprint density at radius 2 is 2.07 bits per heavy atom. The summed E-state index contributed by atoms with van der Waals surface area (Å²) in [7, 11) is -2.51. The van der Waals surface area contributed by atoms with Crippen molar-refractivity contribution in [2.24, 2.45) is 5.73 Å². The minimum absolute atomic E-state index is 0.00345. The van der Waals surface area contributed by atoms with Gasteiger partial charge in [-0.1, -0.05) is 6.07 Å². The van der Waals surface area contributed by atoms with Crippen LogP contribution in [0.4, 0.5) is 0 Å². The molecule has 1 atom stereocenters. The van der Waals surface area contributed by atoms with Crippen molar-refractivity contribution in [3.8, 4) is 5.75 Å². The van der Waals surface area contributed by atoms with Crippen molar-refractivity contribution in [3.63, 3.8) is 0 Å². The average molecular weight is 435 g/mol. The predicted molar refractivity (Wildman–Crippen MR) is 111 cm³/mol. The lowest BCUT2D eigenvalue weighted by molar-refractivity contribution is 0.0997. The number of hydrogen-bond donors (Lipinski definition) is 2. The Morgan fingerprint density at radius 1 is 1.31 bits per heavy atom. The molecule has 0 saturated carbocycles. The standard InChI is InChI=1S/C19H22N4O4S2/c1-12-9-13(2)23(22-12)16(18-5-4-8-28-18)11-21-29(25,26)14-6-7-17(27-3)15(10-14)19(20)24/h4-10,16,21H,11H2,1-3H3,(H2,20,24). The fourth-order valence-electron chi connectivity index (χ4n) is 3.07. The van der Waals surface area contributed by atoms with Crippen LogP contribution in [0.25, 0.3) is 0 Å². The van der Waals surface area contributed by atoms with Crippen LogP contribution in [0.15, 0.2) is 46.7 Å². The third-order valence-electron chi connectivity index (χ3n) is 4.42. The number of nitrogens with two attached hydrogens (primary N) is 1. The summed E-state index contributed by atoms with van der Waals surface area (Å²) < 4.78 is 35.3. The molecule has 154 valence electrons. The normalized spacial score (nSPS) is 12.7. The number of nitrogens with zero attached hydrogens (tertiary/aromatic N) is 2. The lowest BCUT2D eigenvalue weighted by Gasteiger charge is -2.19. The summed E-state index contributed by atoms with van der Waals surface area (Å²) >= 11 is 1.53. The molecule has 29 heavy (non-hydrogen) atoms. The van der Waals surface area contributed by atoms with Gasteiger partial charge in [0.05, 0.1) is 29.3 Å².